The Morgan fingerprint density at radius 3 is 2.91 bits per heavy atom. The highest BCUT2D eigenvalue weighted by Gasteiger charge is 2.20. The van der Waals surface area contributed by atoms with Crippen LogP contribution in [0.1, 0.15) is 22.6 Å². The van der Waals surface area contributed by atoms with E-state index in [2.05, 4.69) is 14.9 Å². The molecule has 0 saturated carbocycles. The van der Waals surface area contributed by atoms with Crippen molar-refractivity contribution < 1.29 is 4.79 Å². The molecule has 0 fully saturated rings. The Labute approximate surface area is 134 Å². The molecule has 1 N–H and O–H groups in total. The molecular weight excluding hydrogens is 288 g/mol. The molecule has 23 heavy (non-hydrogen) atoms. The molecule has 1 amide bonds. The van der Waals surface area contributed by atoms with E-state index in [1.165, 1.54) is 0 Å². The lowest BCUT2D eigenvalue weighted by atomic mass is 10.1. The number of hydrogen-bond donors (Lipinski definition) is 1. The molecule has 0 bridgehead atoms. The van der Waals surface area contributed by atoms with Crippen LogP contribution in [0.25, 0.3) is 5.69 Å². The molecule has 1 aliphatic heterocycles. The fourth-order valence-electron chi connectivity index (χ4n) is 3.07. The van der Waals surface area contributed by atoms with Gasteiger partial charge >= 0.3 is 0 Å². The zero-order valence-electron chi connectivity index (χ0n) is 12.7. The summed E-state index contributed by atoms with van der Waals surface area (Å²) in [5.41, 5.74) is 1.68. The Hall–Kier alpha value is -2.82. The molecule has 3 heterocycles. The van der Waals surface area contributed by atoms with Crippen molar-refractivity contribution in [2.75, 3.05) is 0 Å². The molecule has 0 unspecified atom stereocenters. The van der Waals surface area contributed by atoms with Crippen LogP contribution >= 0.6 is 0 Å². The van der Waals surface area contributed by atoms with Gasteiger partial charge in [-0.3, -0.25) is 4.79 Å². The molecule has 4 rings (SSSR count). The molecule has 1 aliphatic rings. The predicted molar refractivity (Wildman–Crippen MR) is 87.6 cm³/mol. The second kappa shape index (κ2) is 5.76. The van der Waals surface area contributed by atoms with Gasteiger partial charge in [0.25, 0.3) is 5.91 Å². The van der Waals surface area contributed by atoms with Gasteiger partial charge in [-0.15, -0.1) is 0 Å². The summed E-state index contributed by atoms with van der Waals surface area (Å²) < 4.78 is 4.11. The van der Waals surface area contributed by atoms with Crippen molar-refractivity contribution in [1.29, 1.82) is 0 Å². The average Bonchev–Trinajstić information content (AvgIpc) is 3.26. The third kappa shape index (κ3) is 2.77. The van der Waals surface area contributed by atoms with E-state index in [0.29, 0.717) is 5.56 Å². The van der Waals surface area contributed by atoms with Crippen LogP contribution in [-0.2, 0) is 13.0 Å². The molecule has 0 aliphatic carbocycles. The van der Waals surface area contributed by atoms with Crippen LogP contribution in [0.2, 0.25) is 0 Å². The van der Waals surface area contributed by atoms with Crippen LogP contribution in [0.3, 0.4) is 0 Å². The predicted octanol–water partition coefficient (Wildman–Crippen LogP) is 2.42. The van der Waals surface area contributed by atoms with Crippen molar-refractivity contribution in [3.8, 4) is 5.69 Å². The summed E-state index contributed by atoms with van der Waals surface area (Å²) in [6, 6.07) is 11.8. The summed E-state index contributed by atoms with van der Waals surface area (Å²) in [6.07, 6.45) is 9.57. The second-order valence-electron chi connectivity index (χ2n) is 5.85. The molecule has 5 heteroatoms. The highest BCUT2D eigenvalue weighted by molar-refractivity contribution is 5.94. The average molecular weight is 306 g/mol. The highest BCUT2D eigenvalue weighted by atomic mass is 16.1. The summed E-state index contributed by atoms with van der Waals surface area (Å²) in [7, 11) is 0. The molecule has 5 nitrogen and oxygen atoms in total. The second-order valence-corrected chi connectivity index (χ2v) is 5.85. The highest BCUT2D eigenvalue weighted by Crippen LogP contribution is 2.15. The molecule has 3 aromatic rings. The molecule has 0 spiro atoms. The number of nitrogens with one attached hydrogen (secondary N) is 1. The first kappa shape index (κ1) is 13.8. The first-order valence-corrected chi connectivity index (χ1v) is 7.84. The lowest BCUT2D eigenvalue weighted by Crippen LogP contribution is -2.40. The number of rotatable bonds is 3. The molecule has 2 aromatic heterocycles. The van der Waals surface area contributed by atoms with E-state index < -0.39 is 0 Å². The number of hydrogen-bond acceptors (Lipinski definition) is 2. The summed E-state index contributed by atoms with van der Waals surface area (Å²) in [5.74, 6) is 1.08. The van der Waals surface area contributed by atoms with Gasteiger partial charge in [0.2, 0.25) is 0 Å². The number of aryl methyl sites for hydroxylation is 1. The third-order valence-corrected chi connectivity index (χ3v) is 4.28. The Morgan fingerprint density at radius 2 is 2.04 bits per heavy atom. The number of aromatic nitrogens is 3. The van der Waals surface area contributed by atoms with Crippen molar-refractivity contribution in [2.45, 2.75) is 25.4 Å². The van der Waals surface area contributed by atoms with Crippen LogP contribution in [0.4, 0.5) is 0 Å². The van der Waals surface area contributed by atoms with Crippen molar-refractivity contribution in [3.63, 3.8) is 0 Å². The monoisotopic (exact) mass is 306 g/mol. The van der Waals surface area contributed by atoms with E-state index in [0.717, 1.165) is 30.9 Å². The smallest absolute Gasteiger partial charge is 0.251 e. The van der Waals surface area contributed by atoms with Crippen molar-refractivity contribution in [1.82, 2.24) is 19.4 Å². The lowest BCUT2D eigenvalue weighted by molar-refractivity contribution is 0.0927. The number of amides is 1. The SMILES string of the molecule is O=C(N[C@H]1CCc2nccn2C1)c1cccc(-n2cccc2)c1. The summed E-state index contributed by atoms with van der Waals surface area (Å²) in [6.45, 7) is 0.790. The van der Waals surface area contributed by atoms with Gasteiger partial charge in [0.1, 0.15) is 5.82 Å². The number of benzene rings is 1. The van der Waals surface area contributed by atoms with E-state index in [1.807, 2.05) is 65.8 Å². The molecular formula is C18H18N4O. The number of fused-ring (bicyclic) bond motifs is 1. The minimum Gasteiger partial charge on any atom is -0.347 e. The van der Waals surface area contributed by atoms with Crippen molar-refractivity contribution in [2.24, 2.45) is 0 Å². The van der Waals surface area contributed by atoms with Crippen LogP contribution in [0, 0.1) is 0 Å². The van der Waals surface area contributed by atoms with Crippen LogP contribution in [0.5, 0.6) is 0 Å². The largest absolute Gasteiger partial charge is 0.347 e. The number of nitrogens with zero attached hydrogens (tertiary/aromatic N) is 3. The standard InChI is InChI=1S/C18H18N4O/c23-18(20-15-6-7-17-19-8-11-22(17)13-15)14-4-3-5-16(12-14)21-9-1-2-10-21/h1-5,8-12,15H,6-7,13H2,(H,20,23)/t15-/m0/s1. The minimum atomic E-state index is -0.0208. The first-order chi connectivity index (χ1) is 11.3. The molecule has 1 aromatic carbocycles. The Balaban J connectivity index is 1.49. The van der Waals surface area contributed by atoms with Gasteiger partial charge < -0.3 is 14.5 Å². The first-order valence-electron chi connectivity index (χ1n) is 7.84. The maximum Gasteiger partial charge on any atom is 0.251 e. The molecule has 0 saturated heterocycles. The fourth-order valence-corrected chi connectivity index (χ4v) is 3.07. The quantitative estimate of drug-likeness (QED) is 0.808. The Kier molecular flexibility index (Phi) is 3.46. The zero-order chi connectivity index (χ0) is 15.6. The van der Waals surface area contributed by atoms with Crippen LogP contribution < -0.4 is 5.32 Å². The van der Waals surface area contributed by atoms with E-state index >= 15 is 0 Å². The van der Waals surface area contributed by atoms with Gasteiger partial charge in [-0.1, -0.05) is 6.07 Å². The zero-order valence-corrected chi connectivity index (χ0v) is 12.7. The van der Waals surface area contributed by atoms with E-state index in [1.54, 1.807) is 0 Å². The molecule has 1 atom stereocenters. The van der Waals surface area contributed by atoms with E-state index in [-0.39, 0.29) is 11.9 Å². The minimum absolute atomic E-state index is 0.0208. The normalized spacial score (nSPS) is 16.8. The summed E-state index contributed by atoms with van der Waals surface area (Å²) in [5, 5.41) is 3.14. The van der Waals surface area contributed by atoms with Gasteiger partial charge in [-0.2, -0.15) is 0 Å². The van der Waals surface area contributed by atoms with Gasteiger partial charge in [0, 0.05) is 55.0 Å². The number of carbonyl (C=O) groups is 1. The van der Waals surface area contributed by atoms with Gasteiger partial charge in [-0.25, -0.2) is 4.98 Å². The Morgan fingerprint density at radius 1 is 1.17 bits per heavy atom. The third-order valence-electron chi connectivity index (χ3n) is 4.28. The van der Waals surface area contributed by atoms with Gasteiger partial charge in [0.15, 0.2) is 0 Å². The van der Waals surface area contributed by atoms with Gasteiger partial charge in [0.05, 0.1) is 0 Å². The maximum absolute atomic E-state index is 12.5. The van der Waals surface area contributed by atoms with Crippen molar-refractivity contribution >= 4 is 5.91 Å². The summed E-state index contributed by atoms with van der Waals surface area (Å²) in [4.78, 5) is 16.9. The maximum atomic E-state index is 12.5. The fraction of sp³-hybridized carbons (Fsp3) is 0.222. The van der Waals surface area contributed by atoms with Crippen LogP contribution in [0.15, 0.2) is 61.2 Å². The van der Waals surface area contributed by atoms with E-state index in [4.69, 9.17) is 0 Å². The topological polar surface area (TPSA) is 51.9 Å². The number of carbonyl (C=O) groups excluding carboxylic acids is 1. The van der Waals surface area contributed by atoms with Crippen molar-refractivity contribution in [3.05, 3.63) is 72.6 Å². The molecule has 116 valence electrons. The Bertz CT molecular complexity index is 819. The van der Waals surface area contributed by atoms with Gasteiger partial charge in [-0.05, 0) is 36.8 Å². The van der Waals surface area contributed by atoms with E-state index in [9.17, 15) is 4.79 Å². The molecule has 0 radical (unpaired) electrons. The number of imidazole rings is 1. The lowest BCUT2D eigenvalue weighted by Gasteiger charge is -2.24. The summed E-state index contributed by atoms with van der Waals surface area (Å²) >= 11 is 0. The van der Waals surface area contributed by atoms with Crippen LogP contribution in [-0.4, -0.2) is 26.1 Å².